The molecule has 0 unspecified atom stereocenters. The van der Waals surface area contributed by atoms with Gasteiger partial charge < -0.3 is 16.6 Å². The third-order valence-corrected chi connectivity index (χ3v) is 1.77. The molecule has 1 aromatic carbocycles. The molecule has 0 aliphatic carbocycles. The van der Waals surface area contributed by atoms with Gasteiger partial charge in [0.2, 0.25) is 0 Å². The van der Waals surface area contributed by atoms with Crippen LogP contribution in [-0.4, -0.2) is 30.3 Å². The van der Waals surface area contributed by atoms with Gasteiger partial charge in [0.15, 0.2) is 0 Å². The molecule has 0 fully saturated rings. The summed E-state index contributed by atoms with van der Waals surface area (Å²) in [5.74, 6) is 8.72. The van der Waals surface area contributed by atoms with Crippen molar-refractivity contribution in [1.29, 1.82) is 0 Å². The van der Waals surface area contributed by atoms with Crippen molar-refractivity contribution in [1.82, 2.24) is 0 Å². The molecular formula is C14H13F3N2O2. The second-order valence-electron chi connectivity index (χ2n) is 3.40. The van der Waals surface area contributed by atoms with E-state index in [0.29, 0.717) is 13.1 Å². The van der Waals surface area contributed by atoms with Gasteiger partial charge in [0.1, 0.15) is 0 Å². The molecule has 0 bridgehead atoms. The van der Waals surface area contributed by atoms with E-state index in [9.17, 15) is 13.2 Å². The minimum absolute atomic E-state index is 0.374. The standard InChI is InChI=1S/C12H12N2.C2HF3O2/c13-8-2-6-11-4-1-5-12(10-11)7-3-9-14;3-2(4,5)1(6)7/h1,4-5,10H,8-9,13-14H2;(H,6,7). The Labute approximate surface area is 119 Å². The number of hydrogen-bond acceptors (Lipinski definition) is 3. The predicted octanol–water partition coefficient (Wildman–Crippen LogP) is 0.940. The number of carboxylic acid groups (broad SMARTS) is 1. The highest BCUT2D eigenvalue weighted by Gasteiger charge is 2.38. The maximum absolute atomic E-state index is 10.6. The van der Waals surface area contributed by atoms with Gasteiger partial charge in [0, 0.05) is 11.1 Å². The van der Waals surface area contributed by atoms with E-state index >= 15 is 0 Å². The molecule has 1 rings (SSSR count). The number of carboxylic acids is 1. The SMILES string of the molecule is NCC#Cc1cccc(C#CCN)c1.O=C(O)C(F)(F)F. The summed E-state index contributed by atoms with van der Waals surface area (Å²) in [6.07, 6.45) is -5.08. The summed E-state index contributed by atoms with van der Waals surface area (Å²) in [5, 5.41) is 7.12. The van der Waals surface area contributed by atoms with Gasteiger partial charge in [-0.2, -0.15) is 13.2 Å². The first kappa shape index (κ1) is 18.5. The third kappa shape index (κ3) is 9.11. The first-order valence-corrected chi connectivity index (χ1v) is 5.59. The fraction of sp³-hybridized carbons (Fsp3) is 0.214. The van der Waals surface area contributed by atoms with Gasteiger partial charge in [-0.25, -0.2) is 4.79 Å². The monoisotopic (exact) mass is 298 g/mol. The van der Waals surface area contributed by atoms with Crippen molar-refractivity contribution < 1.29 is 23.1 Å². The first-order chi connectivity index (χ1) is 9.81. The van der Waals surface area contributed by atoms with Crippen molar-refractivity contribution in [2.45, 2.75) is 6.18 Å². The average molecular weight is 298 g/mol. The lowest BCUT2D eigenvalue weighted by Gasteiger charge is -1.93. The Morgan fingerprint density at radius 2 is 1.48 bits per heavy atom. The molecule has 0 atom stereocenters. The second-order valence-corrected chi connectivity index (χ2v) is 3.40. The summed E-state index contributed by atoms with van der Waals surface area (Å²) in [7, 11) is 0. The highest BCUT2D eigenvalue weighted by molar-refractivity contribution is 5.73. The van der Waals surface area contributed by atoms with Crippen molar-refractivity contribution in [2.24, 2.45) is 11.5 Å². The smallest absolute Gasteiger partial charge is 0.475 e. The van der Waals surface area contributed by atoms with Crippen molar-refractivity contribution >= 4 is 5.97 Å². The number of benzene rings is 1. The zero-order valence-electron chi connectivity index (χ0n) is 10.9. The van der Waals surface area contributed by atoms with Gasteiger partial charge in [-0.3, -0.25) is 0 Å². The molecular weight excluding hydrogens is 285 g/mol. The van der Waals surface area contributed by atoms with Crippen LogP contribution in [0.1, 0.15) is 11.1 Å². The van der Waals surface area contributed by atoms with Crippen LogP contribution in [0.25, 0.3) is 0 Å². The van der Waals surface area contributed by atoms with Gasteiger partial charge in [0.25, 0.3) is 0 Å². The molecule has 0 aliphatic heterocycles. The molecule has 112 valence electrons. The van der Waals surface area contributed by atoms with Crippen molar-refractivity contribution in [2.75, 3.05) is 13.1 Å². The Hall–Kier alpha value is -2.48. The Bertz CT molecular complexity index is 553. The lowest BCUT2D eigenvalue weighted by molar-refractivity contribution is -0.192. The van der Waals surface area contributed by atoms with Crippen LogP contribution in [0.15, 0.2) is 24.3 Å². The van der Waals surface area contributed by atoms with Gasteiger partial charge in [-0.15, -0.1) is 0 Å². The molecule has 0 heterocycles. The summed E-state index contributed by atoms with van der Waals surface area (Å²) in [5.41, 5.74) is 12.4. The van der Waals surface area contributed by atoms with Crippen LogP contribution in [0.2, 0.25) is 0 Å². The maximum atomic E-state index is 10.6. The van der Waals surface area contributed by atoms with E-state index in [1.54, 1.807) is 0 Å². The Morgan fingerprint density at radius 3 is 1.76 bits per heavy atom. The highest BCUT2D eigenvalue weighted by Crippen LogP contribution is 2.13. The third-order valence-electron chi connectivity index (χ3n) is 1.77. The lowest BCUT2D eigenvalue weighted by atomic mass is 10.1. The van der Waals surface area contributed by atoms with Crippen LogP contribution >= 0.6 is 0 Å². The molecule has 7 heteroatoms. The van der Waals surface area contributed by atoms with Crippen LogP contribution in [0, 0.1) is 23.7 Å². The molecule has 5 N–H and O–H groups in total. The molecule has 4 nitrogen and oxygen atoms in total. The van der Waals surface area contributed by atoms with Crippen LogP contribution in [0.5, 0.6) is 0 Å². The van der Waals surface area contributed by atoms with Crippen molar-refractivity contribution in [3.05, 3.63) is 35.4 Å². The zero-order chi connectivity index (χ0) is 16.3. The van der Waals surface area contributed by atoms with E-state index in [1.807, 2.05) is 24.3 Å². The van der Waals surface area contributed by atoms with Crippen LogP contribution in [0.3, 0.4) is 0 Å². The molecule has 0 amide bonds. The van der Waals surface area contributed by atoms with Crippen LogP contribution in [-0.2, 0) is 4.79 Å². The molecule has 0 aromatic heterocycles. The summed E-state index contributed by atoms with van der Waals surface area (Å²) in [6, 6.07) is 7.69. The number of nitrogens with two attached hydrogens (primary N) is 2. The normalized spacial score (nSPS) is 9.19. The summed E-state index contributed by atoms with van der Waals surface area (Å²) >= 11 is 0. The number of alkyl halides is 3. The van der Waals surface area contributed by atoms with E-state index in [4.69, 9.17) is 21.4 Å². The average Bonchev–Trinajstić information content (AvgIpc) is 2.43. The fourth-order valence-electron chi connectivity index (χ4n) is 0.981. The Morgan fingerprint density at radius 1 is 1.10 bits per heavy atom. The summed E-state index contributed by atoms with van der Waals surface area (Å²) in [4.78, 5) is 8.90. The van der Waals surface area contributed by atoms with E-state index in [-0.39, 0.29) is 0 Å². The van der Waals surface area contributed by atoms with Gasteiger partial charge in [-0.1, -0.05) is 29.7 Å². The van der Waals surface area contributed by atoms with Crippen LogP contribution < -0.4 is 11.5 Å². The van der Waals surface area contributed by atoms with E-state index in [2.05, 4.69) is 23.7 Å². The van der Waals surface area contributed by atoms with Gasteiger partial charge in [0.05, 0.1) is 13.1 Å². The maximum Gasteiger partial charge on any atom is 0.490 e. The largest absolute Gasteiger partial charge is 0.490 e. The molecule has 21 heavy (non-hydrogen) atoms. The topological polar surface area (TPSA) is 89.3 Å². The van der Waals surface area contributed by atoms with Crippen molar-refractivity contribution in [3.8, 4) is 23.7 Å². The van der Waals surface area contributed by atoms with Crippen LogP contribution in [0.4, 0.5) is 13.2 Å². The lowest BCUT2D eigenvalue weighted by Crippen LogP contribution is -2.21. The molecule has 0 aliphatic rings. The number of rotatable bonds is 0. The summed E-state index contributed by atoms with van der Waals surface area (Å²) in [6.45, 7) is 0.747. The number of carbonyl (C=O) groups is 1. The van der Waals surface area contributed by atoms with E-state index in [0.717, 1.165) is 11.1 Å². The first-order valence-electron chi connectivity index (χ1n) is 5.59. The highest BCUT2D eigenvalue weighted by atomic mass is 19.4. The quantitative estimate of drug-likeness (QED) is 0.622. The van der Waals surface area contributed by atoms with Gasteiger partial charge in [-0.05, 0) is 18.2 Å². The molecule has 1 aromatic rings. The van der Waals surface area contributed by atoms with E-state index in [1.165, 1.54) is 0 Å². The summed E-state index contributed by atoms with van der Waals surface area (Å²) < 4.78 is 31.7. The number of halogens is 3. The Kier molecular flexibility index (Phi) is 8.31. The number of aliphatic carboxylic acids is 1. The minimum Gasteiger partial charge on any atom is -0.475 e. The Balaban J connectivity index is 0.000000486. The predicted molar refractivity (Wildman–Crippen MR) is 72.0 cm³/mol. The molecule has 0 saturated carbocycles. The zero-order valence-corrected chi connectivity index (χ0v) is 10.9. The van der Waals surface area contributed by atoms with Crippen molar-refractivity contribution in [3.63, 3.8) is 0 Å². The minimum atomic E-state index is -5.08. The van der Waals surface area contributed by atoms with Gasteiger partial charge >= 0.3 is 12.1 Å². The second kappa shape index (κ2) is 9.43. The molecule has 0 spiro atoms. The van der Waals surface area contributed by atoms with E-state index < -0.39 is 12.1 Å². The number of hydrogen-bond donors (Lipinski definition) is 3. The fourth-order valence-corrected chi connectivity index (χ4v) is 0.981. The molecule has 0 saturated heterocycles. The molecule has 0 radical (unpaired) electrons.